The van der Waals surface area contributed by atoms with E-state index in [1.165, 1.54) is 35.1 Å². The Morgan fingerprint density at radius 3 is 1.50 bits per heavy atom. The van der Waals surface area contributed by atoms with Crippen LogP contribution in [-0.4, -0.2) is 11.4 Å². The van der Waals surface area contributed by atoms with Crippen LogP contribution >= 0.6 is 0 Å². The third-order valence-corrected chi connectivity index (χ3v) is 4.67. The highest BCUT2D eigenvalue weighted by Crippen LogP contribution is 2.24. The molecule has 2 aromatic rings. The van der Waals surface area contributed by atoms with Crippen molar-refractivity contribution in [2.24, 2.45) is 10.2 Å². The summed E-state index contributed by atoms with van der Waals surface area (Å²) in [6, 6.07) is 17.2. The molecule has 110 valence electrons. The fraction of sp³-hybridized carbons (Fsp3) is 0.300. The second-order valence-corrected chi connectivity index (χ2v) is 6.11. The summed E-state index contributed by atoms with van der Waals surface area (Å²) in [6.07, 6.45) is 6.75. The molecule has 0 unspecified atom stereocenters. The van der Waals surface area contributed by atoms with Gasteiger partial charge in [-0.2, -0.15) is 10.2 Å². The molecule has 0 amide bonds. The zero-order valence-corrected chi connectivity index (χ0v) is 12.8. The van der Waals surface area contributed by atoms with Gasteiger partial charge in [0, 0.05) is 11.1 Å². The van der Waals surface area contributed by atoms with Crippen molar-refractivity contribution >= 4 is 11.4 Å². The maximum atomic E-state index is 4.65. The van der Waals surface area contributed by atoms with Crippen LogP contribution in [-0.2, 0) is 12.8 Å². The average Bonchev–Trinajstić information content (AvgIpc) is 2.60. The molecule has 0 saturated heterocycles. The molecule has 0 aliphatic heterocycles. The number of nitrogens with zero attached hydrogens (tertiary/aromatic N) is 2. The van der Waals surface area contributed by atoms with Crippen LogP contribution in [0.2, 0.25) is 0 Å². The highest BCUT2D eigenvalue weighted by molar-refractivity contribution is 6.05. The monoisotopic (exact) mass is 288 g/mol. The van der Waals surface area contributed by atoms with E-state index in [2.05, 4.69) is 58.7 Å². The second-order valence-electron chi connectivity index (χ2n) is 6.11. The first-order chi connectivity index (χ1) is 10.9. The molecule has 0 heterocycles. The fourth-order valence-electron chi connectivity index (χ4n) is 3.53. The third kappa shape index (κ3) is 2.50. The summed E-state index contributed by atoms with van der Waals surface area (Å²) in [5.74, 6) is 0. The lowest BCUT2D eigenvalue weighted by Crippen LogP contribution is -2.13. The largest absolute Gasteiger partial charge is 0.155 e. The van der Waals surface area contributed by atoms with E-state index in [4.69, 9.17) is 0 Å². The SMILES string of the molecule is c1ccc2c(c1)CCC/C2=N\N=C1/CCCc2ccccc21. The van der Waals surface area contributed by atoms with E-state index in [0.717, 1.165) is 37.1 Å². The van der Waals surface area contributed by atoms with Gasteiger partial charge in [0.15, 0.2) is 0 Å². The summed E-state index contributed by atoms with van der Waals surface area (Å²) >= 11 is 0. The maximum absolute atomic E-state index is 4.65. The van der Waals surface area contributed by atoms with Crippen molar-refractivity contribution in [3.63, 3.8) is 0 Å². The molecule has 2 aliphatic carbocycles. The summed E-state index contributed by atoms with van der Waals surface area (Å²) < 4.78 is 0. The minimum Gasteiger partial charge on any atom is -0.155 e. The zero-order chi connectivity index (χ0) is 14.8. The third-order valence-electron chi connectivity index (χ3n) is 4.67. The van der Waals surface area contributed by atoms with Gasteiger partial charge in [-0.15, -0.1) is 0 Å². The van der Waals surface area contributed by atoms with Crippen molar-refractivity contribution in [2.75, 3.05) is 0 Å². The van der Waals surface area contributed by atoms with Crippen molar-refractivity contribution < 1.29 is 0 Å². The molecule has 0 aromatic heterocycles. The lowest BCUT2D eigenvalue weighted by Gasteiger charge is -2.18. The Balaban J connectivity index is 1.71. The quantitative estimate of drug-likeness (QED) is 0.688. The standard InChI is InChI=1S/C20H20N2/c1-3-11-17-15(7-1)9-5-13-19(17)21-22-20-14-6-10-16-8-2-4-12-18(16)20/h1-4,7-8,11-12H,5-6,9-10,13-14H2/b21-19+,22-20+. The fourth-order valence-corrected chi connectivity index (χ4v) is 3.53. The number of fused-ring (bicyclic) bond motifs is 2. The maximum Gasteiger partial charge on any atom is 0.0705 e. The highest BCUT2D eigenvalue weighted by Gasteiger charge is 2.17. The summed E-state index contributed by atoms with van der Waals surface area (Å²) in [5, 5.41) is 9.30. The van der Waals surface area contributed by atoms with Gasteiger partial charge in [-0.3, -0.25) is 0 Å². The molecular weight excluding hydrogens is 268 g/mol. The normalized spacial score (nSPS) is 20.7. The van der Waals surface area contributed by atoms with E-state index >= 15 is 0 Å². The van der Waals surface area contributed by atoms with Gasteiger partial charge in [-0.05, 0) is 49.7 Å². The Bertz CT molecular complexity index is 690. The summed E-state index contributed by atoms with van der Waals surface area (Å²) in [5.41, 5.74) is 7.72. The van der Waals surface area contributed by atoms with Crippen molar-refractivity contribution in [1.82, 2.24) is 0 Å². The van der Waals surface area contributed by atoms with Gasteiger partial charge in [-0.1, -0.05) is 48.5 Å². The minimum absolute atomic E-state index is 1.04. The molecule has 0 bridgehead atoms. The summed E-state index contributed by atoms with van der Waals surface area (Å²) in [7, 11) is 0. The van der Waals surface area contributed by atoms with E-state index in [0.29, 0.717) is 0 Å². The molecule has 22 heavy (non-hydrogen) atoms. The van der Waals surface area contributed by atoms with Gasteiger partial charge < -0.3 is 0 Å². The van der Waals surface area contributed by atoms with Crippen molar-refractivity contribution in [2.45, 2.75) is 38.5 Å². The van der Waals surface area contributed by atoms with E-state index in [1.807, 2.05) is 0 Å². The van der Waals surface area contributed by atoms with Crippen LogP contribution in [0.3, 0.4) is 0 Å². The predicted molar refractivity (Wildman–Crippen MR) is 91.8 cm³/mol. The Morgan fingerprint density at radius 1 is 0.545 bits per heavy atom. The van der Waals surface area contributed by atoms with E-state index in [9.17, 15) is 0 Å². The first kappa shape index (κ1) is 13.4. The van der Waals surface area contributed by atoms with Crippen LogP contribution in [0.5, 0.6) is 0 Å². The Labute approximate surface area is 131 Å². The average molecular weight is 288 g/mol. The van der Waals surface area contributed by atoms with E-state index in [-0.39, 0.29) is 0 Å². The molecular formula is C20H20N2. The second kappa shape index (κ2) is 5.88. The van der Waals surface area contributed by atoms with Crippen molar-refractivity contribution in [3.05, 3.63) is 70.8 Å². The zero-order valence-electron chi connectivity index (χ0n) is 12.8. The molecule has 2 nitrogen and oxygen atoms in total. The molecule has 4 rings (SSSR count). The molecule has 2 heteroatoms. The van der Waals surface area contributed by atoms with Gasteiger partial charge in [0.2, 0.25) is 0 Å². The summed E-state index contributed by atoms with van der Waals surface area (Å²) in [6.45, 7) is 0. The minimum atomic E-state index is 1.04. The molecule has 0 fully saturated rings. The van der Waals surface area contributed by atoms with Crippen LogP contribution in [0.25, 0.3) is 0 Å². The van der Waals surface area contributed by atoms with Gasteiger partial charge in [0.05, 0.1) is 11.4 Å². The van der Waals surface area contributed by atoms with Gasteiger partial charge >= 0.3 is 0 Å². The Kier molecular flexibility index (Phi) is 3.59. The first-order valence-electron chi connectivity index (χ1n) is 8.22. The Morgan fingerprint density at radius 2 is 1.00 bits per heavy atom. The number of hydrogen-bond acceptors (Lipinski definition) is 2. The lowest BCUT2D eigenvalue weighted by molar-refractivity contribution is 0.826. The van der Waals surface area contributed by atoms with Crippen molar-refractivity contribution in [3.8, 4) is 0 Å². The molecule has 0 spiro atoms. The molecule has 0 radical (unpaired) electrons. The number of rotatable bonds is 1. The van der Waals surface area contributed by atoms with Crippen molar-refractivity contribution in [1.29, 1.82) is 0 Å². The number of aryl methyl sites for hydroxylation is 2. The molecule has 0 atom stereocenters. The molecule has 0 saturated carbocycles. The topological polar surface area (TPSA) is 24.7 Å². The van der Waals surface area contributed by atoms with Crippen LogP contribution in [0.15, 0.2) is 58.7 Å². The number of benzene rings is 2. The Hall–Kier alpha value is -2.22. The predicted octanol–water partition coefficient (Wildman–Crippen LogP) is 4.55. The van der Waals surface area contributed by atoms with Crippen LogP contribution < -0.4 is 0 Å². The van der Waals surface area contributed by atoms with Crippen LogP contribution in [0.4, 0.5) is 0 Å². The molecule has 2 aromatic carbocycles. The van der Waals surface area contributed by atoms with E-state index in [1.54, 1.807) is 0 Å². The van der Waals surface area contributed by atoms with Crippen LogP contribution in [0, 0.1) is 0 Å². The van der Waals surface area contributed by atoms with Crippen LogP contribution in [0.1, 0.15) is 47.9 Å². The first-order valence-corrected chi connectivity index (χ1v) is 8.22. The molecule has 2 aliphatic rings. The van der Waals surface area contributed by atoms with Gasteiger partial charge in [0.25, 0.3) is 0 Å². The molecule has 0 N–H and O–H groups in total. The lowest BCUT2D eigenvalue weighted by atomic mass is 9.90. The van der Waals surface area contributed by atoms with E-state index < -0.39 is 0 Å². The van der Waals surface area contributed by atoms with Gasteiger partial charge in [0.1, 0.15) is 0 Å². The summed E-state index contributed by atoms with van der Waals surface area (Å²) in [4.78, 5) is 0. The smallest absolute Gasteiger partial charge is 0.0705 e. The number of hydrogen-bond donors (Lipinski definition) is 0. The highest BCUT2D eigenvalue weighted by atomic mass is 15.2. The van der Waals surface area contributed by atoms with Gasteiger partial charge in [-0.25, -0.2) is 0 Å².